The highest BCUT2D eigenvalue weighted by molar-refractivity contribution is 5.45. The zero-order valence-electron chi connectivity index (χ0n) is 12.9. The quantitative estimate of drug-likeness (QED) is 0.896. The summed E-state index contributed by atoms with van der Waals surface area (Å²) in [5.74, 6) is 1.87. The van der Waals surface area contributed by atoms with Gasteiger partial charge < -0.3 is 14.5 Å². The molecule has 2 aromatic rings. The molecule has 1 heterocycles. The van der Waals surface area contributed by atoms with Crippen molar-refractivity contribution in [2.45, 2.75) is 33.7 Å². The molecule has 0 aliphatic heterocycles. The predicted molar refractivity (Wildman–Crippen MR) is 81.4 cm³/mol. The molecule has 0 amide bonds. The Morgan fingerprint density at radius 3 is 2.45 bits per heavy atom. The minimum atomic E-state index is 0.155. The summed E-state index contributed by atoms with van der Waals surface area (Å²) in [6.07, 6.45) is 1.83. The minimum absolute atomic E-state index is 0.155. The van der Waals surface area contributed by atoms with Gasteiger partial charge >= 0.3 is 0 Å². The van der Waals surface area contributed by atoms with Crippen molar-refractivity contribution in [3.8, 4) is 5.75 Å². The molecule has 108 valence electrons. The Labute approximate surface area is 121 Å². The highest BCUT2D eigenvalue weighted by Gasteiger charge is 2.18. The van der Waals surface area contributed by atoms with Gasteiger partial charge in [-0.05, 0) is 56.1 Å². The maximum atomic E-state index is 5.46. The number of nitrogens with one attached hydrogen (secondary N) is 1. The van der Waals surface area contributed by atoms with Crippen LogP contribution in [0.15, 0.2) is 28.9 Å². The Balaban J connectivity index is 2.46. The molecule has 0 aliphatic rings. The van der Waals surface area contributed by atoms with Gasteiger partial charge in [-0.3, -0.25) is 0 Å². The first kappa shape index (κ1) is 14.7. The van der Waals surface area contributed by atoms with Gasteiger partial charge in [0.2, 0.25) is 0 Å². The van der Waals surface area contributed by atoms with E-state index in [1.165, 1.54) is 11.1 Å². The Morgan fingerprint density at radius 2 is 1.90 bits per heavy atom. The van der Waals surface area contributed by atoms with Crippen LogP contribution in [-0.2, 0) is 0 Å². The van der Waals surface area contributed by atoms with E-state index in [9.17, 15) is 0 Å². The van der Waals surface area contributed by atoms with Gasteiger partial charge in [-0.2, -0.15) is 0 Å². The molecular formula is C17H23NO2. The first-order valence-electron chi connectivity index (χ1n) is 7.00. The average Bonchev–Trinajstić information content (AvgIpc) is 2.85. The van der Waals surface area contributed by atoms with E-state index < -0.39 is 0 Å². The van der Waals surface area contributed by atoms with E-state index in [1.807, 2.05) is 13.2 Å². The second-order valence-electron chi connectivity index (χ2n) is 5.16. The fourth-order valence-electron chi connectivity index (χ4n) is 2.57. The van der Waals surface area contributed by atoms with Gasteiger partial charge in [-0.25, -0.2) is 0 Å². The van der Waals surface area contributed by atoms with Crippen molar-refractivity contribution in [3.05, 3.63) is 52.5 Å². The molecule has 20 heavy (non-hydrogen) atoms. The first-order chi connectivity index (χ1) is 9.56. The largest absolute Gasteiger partial charge is 0.496 e. The van der Waals surface area contributed by atoms with E-state index in [4.69, 9.17) is 9.15 Å². The third kappa shape index (κ3) is 2.88. The van der Waals surface area contributed by atoms with Crippen LogP contribution in [0.1, 0.15) is 41.0 Å². The Morgan fingerprint density at radius 1 is 1.15 bits per heavy atom. The van der Waals surface area contributed by atoms with Crippen LogP contribution < -0.4 is 10.1 Å². The second-order valence-corrected chi connectivity index (χ2v) is 5.16. The lowest BCUT2D eigenvalue weighted by molar-refractivity contribution is 0.411. The van der Waals surface area contributed by atoms with Crippen molar-refractivity contribution in [1.82, 2.24) is 5.32 Å². The highest BCUT2D eigenvalue weighted by atomic mass is 16.5. The van der Waals surface area contributed by atoms with Gasteiger partial charge in [0, 0.05) is 5.56 Å². The van der Waals surface area contributed by atoms with Crippen molar-refractivity contribution in [2.75, 3.05) is 13.7 Å². The lowest BCUT2D eigenvalue weighted by Crippen LogP contribution is -2.22. The Kier molecular flexibility index (Phi) is 4.50. The average molecular weight is 273 g/mol. The third-order valence-corrected chi connectivity index (χ3v) is 3.59. The number of rotatable bonds is 5. The van der Waals surface area contributed by atoms with Crippen LogP contribution in [0, 0.1) is 20.8 Å². The van der Waals surface area contributed by atoms with Crippen molar-refractivity contribution < 1.29 is 9.15 Å². The third-order valence-electron chi connectivity index (χ3n) is 3.59. The van der Waals surface area contributed by atoms with Crippen LogP contribution >= 0.6 is 0 Å². The molecule has 1 N–H and O–H groups in total. The summed E-state index contributed by atoms with van der Waals surface area (Å²) in [6, 6.07) is 6.54. The van der Waals surface area contributed by atoms with Gasteiger partial charge in [-0.15, -0.1) is 0 Å². The molecule has 3 heteroatoms. The Bertz CT molecular complexity index is 587. The molecule has 3 nitrogen and oxygen atoms in total. The summed E-state index contributed by atoms with van der Waals surface area (Å²) in [6.45, 7) is 9.18. The number of hydrogen-bond acceptors (Lipinski definition) is 3. The molecule has 2 rings (SSSR count). The topological polar surface area (TPSA) is 34.4 Å². The molecule has 0 aliphatic carbocycles. The number of aryl methyl sites for hydroxylation is 3. The van der Waals surface area contributed by atoms with Crippen molar-refractivity contribution in [1.29, 1.82) is 0 Å². The monoisotopic (exact) mass is 273 g/mol. The Hall–Kier alpha value is -1.74. The molecule has 0 spiro atoms. The molecule has 1 aromatic heterocycles. The van der Waals surface area contributed by atoms with E-state index in [2.05, 4.69) is 44.3 Å². The number of methoxy groups -OCH3 is 1. The summed E-state index contributed by atoms with van der Waals surface area (Å²) in [5.41, 5.74) is 4.80. The molecular weight excluding hydrogens is 250 g/mol. The SMILES string of the molecule is CCNC(c1coc(C)c1)c1cc(C)c(OC)cc1C. The molecule has 0 saturated carbocycles. The van der Waals surface area contributed by atoms with Crippen molar-refractivity contribution in [3.63, 3.8) is 0 Å². The fraction of sp³-hybridized carbons (Fsp3) is 0.412. The normalized spacial score (nSPS) is 12.4. The zero-order chi connectivity index (χ0) is 14.7. The smallest absolute Gasteiger partial charge is 0.122 e. The van der Waals surface area contributed by atoms with E-state index in [0.29, 0.717) is 0 Å². The fourth-order valence-corrected chi connectivity index (χ4v) is 2.57. The summed E-state index contributed by atoms with van der Waals surface area (Å²) < 4.78 is 10.9. The van der Waals surface area contributed by atoms with Gasteiger partial charge in [0.05, 0.1) is 19.4 Å². The van der Waals surface area contributed by atoms with Crippen LogP contribution in [0.3, 0.4) is 0 Å². The molecule has 1 aromatic carbocycles. The number of ether oxygens (including phenoxy) is 1. The lowest BCUT2D eigenvalue weighted by Gasteiger charge is -2.21. The zero-order valence-corrected chi connectivity index (χ0v) is 12.9. The van der Waals surface area contributed by atoms with Gasteiger partial charge in [0.1, 0.15) is 11.5 Å². The van der Waals surface area contributed by atoms with Crippen LogP contribution in [0.5, 0.6) is 5.75 Å². The predicted octanol–water partition coefficient (Wildman–Crippen LogP) is 3.91. The van der Waals surface area contributed by atoms with E-state index in [1.54, 1.807) is 7.11 Å². The lowest BCUT2D eigenvalue weighted by atomic mass is 9.94. The molecule has 0 radical (unpaired) electrons. The van der Waals surface area contributed by atoms with Gasteiger partial charge in [-0.1, -0.05) is 13.0 Å². The molecule has 1 unspecified atom stereocenters. The van der Waals surface area contributed by atoms with Crippen molar-refractivity contribution in [2.24, 2.45) is 0 Å². The van der Waals surface area contributed by atoms with Crippen LogP contribution in [-0.4, -0.2) is 13.7 Å². The maximum Gasteiger partial charge on any atom is 0.122 e. The molecule has 0 bridgehead atoms. The van der Waals surface area contributed by atoms with Crippen LogP contribution in [0.2, 0.25) is 0 Å². The standard InChI is InChI=1S/C17H23NO2/c1-6-18-17(14-9-13(4)20-10-14)15-7-12(3)16(19-5)8-11(15)2/h7-10,17-18H,6H2,1-5H3. The molecule has 0 fully saturated rings. The molecule has 0 saturated heterocycles. The number of benzene rings is 1. The van der Waals surface area contributed by atoms with Crippen LogP contribution in [0.25, 0.3) is 0 Å². The number of hydrogen-bond donors (Lipinski definition) is 1. The highest BCUT2D eigenvalue weighted by Crippen LogP contribution is 2.31. The van der Waals surface area contributed by atoms with Gasteiger partial charge in [0.25, 0.3) is 0 Å². The number of furan rings is 1. The minimum Gasteiger partial charge on any atom is -0.496 e. The van der Waals surface area contributed by atoms with E-state index in [0.717, 1.165) is 29.2 Å². The second kappa shape index (κ2) is 6.14. The van der Waals surface area contributed by atoms with E-state index >= 15 is 0 Å². The van der Waals surface area contributed by atoms with Crippen molar-refractivity contribution >= 4 is 0 Å². The molecule has 1 atom stereocenters. The summed E-state index contributed by atoms with van der Waals surface area (Å²) in [5, 5.41) is 3.53. The van der Waals surface area contributed by atoms with E-state index in [-0.39, 0.29) is 6.04 Å². The first-order valence-corrected chi connectivity index (χ1v) is 7.00. The van der Waals surface area contributed by atoms with Crippen LogP contribution in [0.4, 0.5) is 0 Å². The summed E-state index contributed by atoms with van der Waals surface area (Å²) >= 11 is 0. The maximum absolute atomic E-state index is 5.46. The summed E-state index contributed by atoms with van der Waals surface area (Å²) in [4.78, 5) is 0. The van der Waals surface area contributed by atoms with Gasteiger partial charge in [0.15, 0.2) is 0 Å². The summed E-state index contributed by atoms with van der Waals surface area (Å²) in [7, 11) is 1.71.